The summed E-state index contributed by atoms with van der Waals surface area (Å²) < 4.78 is 0. The first kappa shape index (κ1) is 7.72. The number of hydrogen-bond acceptors (Lipinski definition) is 3. The van der Waals surface area contributed by atoms with E-state index in [1.165, 1.54) is 0 Å². The van der Waals surface area contributed by atoms with Crippen molar-refractivity contribution >= 4 is 6.29 Å². The molecule has 0 spiro atoms. The number of rotatable bonds is 2. The zero-order valence-electron chi connectivity index (χ0n) is 7.03. The van der Waals surface area contributed by atoms with Crippen molar-refractivity contribution in [2.45, 2.75) is 6.92 Å². The van der Waals surface area contributed by atoms with Crippen molar-refractivity contribution in [3.63, 3.8) is 0 Å². The molecule has 0 saturated carbocycles. The molecule has 2 aromatic rings. The Morgan fingerprint density at radius 3 is 2.85 bits per heavy atom. The molecule has 2 N–H and O–H groups in total. The summed E-state index contributed by atoms with van der Waals surface area (Å²) in [7, 11) is 0. The van der Waals surface area contributed by atoms with Gasteiger partial charge in [-0.1, -0.05) is 0 Å². The van der Waals surface area contributed by atoms with Gasteiger partial charge in [0.2, 0.25) is 0 Å². The summed E-state index contributed by atoms with van der Waals surface area (Å²) in [6.45, 7) is 1.82. The summed E-state index contributed by atoms with van der Waals surface area (Å²) in [6.07, 6.45) is 0.753. The minimum absolute atomic E-state index is 0.525. The van der Waals surface area contributed by atoms with Gasteiger partial charge in [0.05, 0.1) is 11.4 Å². The van der Waals surface area contributed by atoms with Crippen LogP contribution >= 0.6 is 0 Å². The van der Waals surface area contributed by atoms with Gasteiger partial charge in [0.1, 0.15) is 5.82 Å². The molecule has 0 fully saturated rings. The first-order valence-electron chi connectivity index (χ1n) is 3.83. The van der Waals surface area contributed by atoms with E-state index in [-0.39, 0.29) is 0 Å². The van der Waals surface area contributed by atoms with Crippen LogP contribution in [0.2, 0.25) is 0 Å². The number of carbonyl (C=O) groups is 1. The Morgan fingerprint density at radius 2 is 2.31 bits per heavy atom. The summed E-state index contributed by atoms with van der Waals surface area (Å²) >= 11 is 0. The number of aryl methyl sites for hydroxylation is 1. The Balaban J connectivity index is 2.40. The molecule has 2 heterocycles. The molecule has 0 aromatic carbocycles. The number of carbonyl (C=O) groups excluding carboxylic acids is 1. The Labute approximate surface area is 74.2 Å². The predicted molar refractivity (Wildman–Crippen MR) is 46.3 cm³/mol. The van der Waals surface area contributed by atoms with Crippen LogP contribution < -0.4 is 0 Å². The van der Waals surface area contributed by atoms with Crippen LogP contribution in [0.3, 0.4) is 0 Å². The average Bonchev–Trinajstić information content (AvgIpc) is 2.71. The van der Waals surface area contributed by atoms with Crippen LogP contribution in [0.15, 0.2) is 12.1 Å². The molecule has 13 heavy (non-hydrogen) atoms. The van der Waals surface area contributed by atoms with Crippen LogP contribution in [-0.2, 0) is 0 Å². The standard InChI is InChI=1S/C8H8N4O/c1-5-9-8(12-11-5)7-3-2-6(4-13)10-7/h2-4,10H,1H3,(H,9,11,12). The topological polar surface area (TPSA) is 74.4 Å². The lowest BCUT2D eigenvalue weighted by molar-refractivity contribution is 0.111. The van der Waals surface area contributed by atoms with Gasteiger partial charge in [0, 0.05) is 0 Å². The van der Waals surface area contributed by atoms with Gasteiger partial charge in [-0.3, -0.25) is 9.89 Å². The van der Waals surface area contributed by atoms with Crippen molar-refractivity contribution in [1.82, 2.24) is 20.2 Å². The number of aromatic nitrogens is 4. The molecule has 0 amide bonds. The second kappa shape index (κ2) is 2.85. The maximum atomic E-state index is 10.4. The second-order valence-corrected chi connectivity index (χ2v) is 2.69. The van der Waals surface area contributed by atoms with E-state index in [1.807, 2.05) is 6.92 Å². The smallest absolute Gasteiger partial charge is 0.197 e. The highest BCUT2D eigenvalue weighted by atomic mass is 16.1. The lowest BCUT2D eigenvalue weighted by atomic mass is 10.4. The molecule has 5 heteroatoms. The summed E-state index contributed by atoms with van der Waals surface area (Å²) in [4.78, 5) is 17.4. The molecule has 66 valence electrons. The van der Waals surface area contributed by atoms with E-state index >= 15 is 0 Å². The number of aldehydes is 1. The van der Waals surface area contributed by atoms with Crippen molar-refractivity contribution in [3.8, 4) is 11.5 Å². The van der Waals surface area contributed by atoms with Crippen molar-refractivity contribution in [2.75, 3.05) is 0 Å². The van der Waals surface area contributed by atoms with Crippen LogP contribution in [0.1, 0.15) is 16.3 Å². The van der Waals surface area contributed by atoms with E-state index in [1.54, 1.807) is 12.1 Å². The van der Waals surface area contributed by atoms with Crippen LogP contribution in [-0.4, -0.2) is 26.5 Å². The molecule has 0 bridgehead atoms. The lowest BCUT2D eigenvalue weighted by Crippen LogP contribution is -1.82. The molecule has 0 aliphatic carbocycles. The molecule has 5 nitrogen and oxygen atoms in total. The highest BCUT2D eigenvalue weighted by Crippen LogP contribution is 2.12. The molecule has 0 saturated heterocycles. The summed E-state index contributed by atoms with van der Waals surface area (Å²) in [5.74, 6) is 1.32. The number of nitrogens with one attached hydrogen (secondary N) is 2. The van der Waals surface area contributed by atoms with Crippen LogP contribution in [0.25, 0.3) is 11.5 Å². The van der Waals surface area contributed by atoms with E-state index in [0.717, 1.165) is 17.8 Å². The largest absolute Gasteiger partial charge is 0.350 e. The van der Waals surface area contributed by atoms with E-state index in [4.69, 9.17) is 0 Å². The second-order valence-electron chi connectivity index (χ2n) is 2.69. The SMILES string of the molecule is Cc1nc(-c2ccc(C=O)[nH]2)n[nH]1. The normalized spacial score (nSPS) is 10.2. The molecule has 0 atom stereocenters. The zero-order valence-corrected chi connectivity index (χ0v) is 7.03. The van der Waals surface area contributed by atoms with E-state index in [9.17, 15) is 4.79 Å². The van der Waals surface area contributed by atoms with Gasteiger partial charge in [0.15, 0.2) is 12.1 Å². The predicted octanol–water partition coefficient (Wildman–Crippen LogP) is 0.921. The summed E-state index contributed by atoms with van der Waals surface area (Å²) in [5.41, 5.74) is 1.27. The number of aromatic amines is 2. The van der Waals surface area contributed by atoms with E-state index in [0.29, 0.717) is 11.5 Å². The summed E-state index contributed by atoms with van der Waals surface area (Å²) in [6, 6.07) is 3.46. The molecule has 0 unspecified atom stereocenters. The van der Waals surface area contributed by atoms with Crippen LogP contribution in [0.4, 0.5) is 0 Å². The Bertz CT molecular complexity index is 429. The Morgan fingerprint density at radius 1 is 1.46 bits per heavy atom. The molecule has 2 rings (SSSR count). The molecule has 0 aliphatic rings. The van der Waals surface area contributed by atoms with E-state index < -0.39 is 0 Å². The highest BCUT2D eigenvalue weighted by molar-refractivity contribution is 5.74. The Hall–Kier alpha value is -1.91. The maximum absolute atomic E-state index is 10.4. The number of hydrogen-bond donors (Lipinski definition) is 2. The fourth-order valence-corrected chi connectivity index (χ4v) is 1.07. The Kier molecular flexibility index (Phi) is 1.70. The maximum Gasteiger partial charge on any atom is 0.197 e. The fourth-order valence-electron chi connectivity index (χ4n) is 1.07. The highest BCUT2D eigenvalue weighted by Gasteiger charge is 2.05. The van der Waals surface area contributed by atoms with Gasteiger partial charge >= 0.3 is 0 Å². The van der Waals surface area contributed by atoms with Gasteiger partial charge in [-0.25, -0.2) is 4.98 Å². The van der Waals surface area contributed by atoms with Crippen molar-refractivity contribution < 1.29 is 4.79 Å². The number of H-pyrrole nitrogens is 2. The minimum atomic E-state index is 0.525. The van der Waals surface area contributed by atoms with Crippen molar-refractivity contribution in [2.24, 2.45) is 0 Å². The third-order valence-electron chi connectivity index (χ3n) is 1.67. The monoisotopic (exact) mass is 176 g/mol. The van der Waals surface area contributed by atoms with Gasteiger partial charge in [-0.2, -0.15) is 5.10 Å². The molecule has 2 aromatic heterocycles. The van der Waals surface area contributed by atoms with E-state index in [2.05, 4.69) is 20.2 Å². The molecular weight excluding hydrogens is 168 g/mol. The van der Waals surface area contributed by atoms with Gasteiger partial charge < -0.3 is 4.98 Å². The quantitative estimate of drug-likeness (QED) is 0.668. The molecule has 0 aliphatic heterocycles. The minimum Gasteiger partial charge on any atom is -0.350 e. The zero-order chi connectivity index (χ0) is 9.26. The van der Waals surface area contributed by atoms with Gasteiger partial charge in [-0.05, 0) is 19.1 Å². The third kappa shape index (κ3) is 1.35. The van der Waals surface area contributed by atoms with Crippen molar-refractivity contribution in [1.29, 1.82) is 0 Å². The molecular formula is C8H8N4O. The molecule has 0 radical (unpaired) electrons. The van der Waals surface area contributed by atoms with Crippen LogP contribution in [0, 0.1) is 6.92 Å². The summed E-state index contributed by atoms with van der Waals surface area (Å²) in [5, 5.41) is 6.68. The average molecular weight is 176 g/mol. The number of nitrogens with zero attached hydrogens (tertiary/aromatic N) is 2. The van der Waals surface area contributed by atoms with Crippen molar-refractivity contribution in [3.05, 3.63) is 23.7 Å². The third-order valence-corrected chi connectivity index (χ3v) is 1.67. The lowest BCUT2D eigenvalue weighted by Gasteiger charge is -1.86. The fraction of sp³-hybridized carbons (Fsp3) is 0.125. The van der Waals surface area contributed by atoms with Crippen LogP contribution in [0.5, 0.6) is 0 Å². The van der Waals surface area contributed by atoms with Gasteiger partial charge in [-0.15, -0.1) is 0 Å². The first-order valence-corrected chi connectivity index (χ1v) is 3.83. The van der Waals surface area contributed by atoms with Gasteiger partial charge in [0.25, 0.3) is 0 Å². The first-order chi connectivity index (χ1) is 6.29.